The minimum atomic E-state index is -0.222. The topological polar surface area (TPSA) is 95.1 Å². The summed E-state index contributed by atoms with van der Waals surface area (Å²) in [6, 6.07) is 4.32. The van der Waals surface area contributed by atoms with E-state index in [2.05, 4.69) is 42.7 Å². The number of aromatic nitrogens is 3. The first-order valence-corrected chi connectivity index (χ1v) is 9.45. The molecule has 0 bridgehead atoms. The standard InChI is InChI=1S/C19H25N7O.ClH/c1-12-9-21-7-8-26(12)19-23-11-15(18(27)20-2)17(25-19)24-14-5-6-16(22-10-14)13-3-4-13;/h5-6,10-13,21H,3-4,7-9H2,1-2H3,(H,20,27)(H,23,24,25);1H. The number of hydrogen-bond donors (Lipinski definition) is 3. The van der Waals surface area contributed by atoms with Crippen LogP contribution in [0.3, 0.4) is 0 Å². The quantitative estimate of drug-likeness (QED) is 0.703. The molecule has 1 saturated carbocycles. The van der Waals surface area contributed by atoms with Crippen molar-refractivity contribution < 1.29 is 4.79 Å². The van der Waals surface area contributed by atoms with Gasteiger partial charge in [-0.05, 0) is 31.9 Å². The summed E-state index contributed by atoms with van der Waals surface area (Å²) >= 11 is 0. The molecule has 8 nitrogen and oxygen atoms in total. The molecule has 2 fully saturated rings. The smallest absolute Gasteiger partial charge is 0.256 e. The van der Waals surface area contributed by atoms with Gasteiger partial charge in [0.2, 0.25) is 5.95 Å². The maximum absolute atomic E-state index is 12.3. The first-order valence-electron chi connectivity index (χ1n) is 9.45. The van der Waals surface area contributed by atoms with E-state index in [1.54, 1.807) is 19.4 Å². The molecule has 1 unspecified atom stereocenters. The highest BCUT2D eigenvalue weighted by atomic mass is 35.5. The number of amides is 1. The monoisotopic (exact) mass is 403 g/mol. The van der Waals surface area contributed by atoms with E-state index in [0.29, 0.717) is 23.2 Å². The van der Waals surface area contributed by atoms with Crippen molar-refractivity contribution in [3.8, 4) is 0 Å². The first-order chi connectivity index (χ1) is 13.2. The molecular weight excluding hydrogens is 378 g/mol. The number of carbonyl (C=O) groups is 1. The summed E-state index contributed by atoms with van der Waals surface area (Å²) in [4.78, 5) is 28.1. The fraction of sp³-hybridized carbons (Fsp3) is 0.474. The normalized spacial score (nSPS) is 18.9. The Labute approximate surface area is 171 Å². The molecule has 1 saturated heterocycles. The maximum atomic E-state index is 12.3. The van der Waals surface area contributed by atoms with Gasteiger partial charge in [0, 0.05) is 50.5 Å². The van der Waals surface area contributed by atoms with E-state index in [1.807, 2.05) is 12.1 Å². The average Bonchev–Trinajstić information content (AvgIpc) is 3.54. The van der Waals surface area contributed by atoms with E-state index in [9.17, 15) is 4.79 Å². The second-order valence-electron chi connectivity index (χ2n) is 7.13. The highest BCUT2D eigenvalue weighted by molar-refractivity contribution is 5.99. The van der Waals surface area contributed by atoms with Gasteiger partial charge in [-0.25, -0.2) is 4.98 Å². The number of nitrogens with zero attached hydrogens (tertiary/aromatic N) is 4. The van der Waals surface area contributed by atoms with Crippen molar-refractivity contribution in [3.05, 3.63) is 35.8 Å². The average molecular weight is 404 g/mol. The lowest BCUT2D eigenvalue weighted by molar-refractivity contribution is 0.0963. The van der Waals surface area contributed by atoms with E-state index in [4.69, 9.17) is 0 Å². The highest BCUT2D eigenvalue weighted by Crippen LogP contribution is 2.39. The number of pyridine rings is 1. The van der Waals surface area contributed by atoms with Gasteiger partial charge in [-0.15, -0.1) is 12.4 Å². The number of nitrogens with one attached hydrogen (secondary N) is 3. The van der Waals surface area contributed by atoms with Gasteiger partial charge >= 0.3 is 0 Å². The van der Waals surface area contributed by atoms with Crippen molar-refractivity contribution in [1.29, 1.82) is 0 Å². The summed E-state index contributed by atoms with van der Waals surface area (Å²) < 4.78 is 0. The zero-order valence-electron chi connectivity index (χ0n) is 16.1. The largest absolute Gasteiger partial charge is 0.355 e. The van der Waals surface area contributed by atoms with Crippen LogP contribution in [-0.4, -0.2) is 53.6 Å². The predicted octanol–water partition coefficient (Wildman–Crippen LogP) is 2.07. The Morgan fingerprint density at radius 2 is 2.07 bits per heavy atom. The molecule has 0 radical (unpaired) electrons. The van der Waals surface area contributed by atoms with E-state index in [-0.39, 0.29) is 24.4 Å². The predicted molar refractivity (Wildman–Crippen MR) is 112 cm³/mol. The third-order valence-electron chi connectivity index (χ3n) is 5.05. The van der Waals surface area contributed by atoms with E-state index in [1.165, 1.54) is 12.8 Å². The minimum absolute atomic E-state index is 0. The SMILES string of the molecule is CNC(=O)c1cnc(N2CCNCC2C)nc1Nc1ccc(C2CC2)nc1.Cl. The van der Waals surface area contributed by atoms with Gasteiger partial charge < -0.3 is 20.9 Å². The molecule has 0 spiro atoms. The van der Waals surface area contributed by atoms with Gasteiger partial charge in [0.05, 0.1) is 11.9 Å². The summed E-state index contributed by atoms with van der Waals surface area (Å²) in [5.74, 6) is 1.51. The first kappa shape index (κ1) is 20.3. The van der Waals surface area contributed by atoms with Crippen LogP contribution in [0.25, 0.3) is 0 Å². The second kappa shape index (κ2) is 8.70. The molecule has 3 heterocycles. The van der Waals surface area contributed by atoms with Crippen molar-refractivity contribution in [1.82, 2.24) is 25.6 Å². The maximum Gasteiger partial charge on any atom is 0.256 e. The molecule has 1 aliphatic carbocycles. The Kier molecular flexibility index (Phi) is 6.31. The van der Waals surface area contributed by atoms with Crippen molar-refractivity contribution in [2.75, 3.05) is 36.9 Å². The molecule has 28 heavy (non-hydrogen) atoms. The van der Waals surface area contributed by atoms with Crippen LogP contribution in [0.15, 0.2) is 24.5 Å². The number of anilines is 3. The lowest BCUT2D eigenvalue weighted by Gasteiger charge is -2.34. The van der Waals surface area contributed by atoms with Gasteiger partial charge in [-0.1, -0.05) is 0 Å². The Morgan fingerprint density at radius 1 is 1.25 bits per heavy atom. The van der Waals surface area contributed by atoms with Crippen molar-refractivity contribution in [3.63, 3.8) is 0 Å². The molecule has 4 rings (SSSR count). The fourth-order valence-corrected chi connectivity index (χ4v) is 3.28. The molecule has 0 aromatic carbocycles. The number of piperazine rings is 1. The fourth-order valence-electron chi connectivity index (χ4n) is 3.28. The lowest BCUT2D eigenvalue weighted by Crippen LogP contribution is -2.50. The molecule has 2 aromatic rings. The molecular formula is C19H26ClN7O. The van der Waals surface area contributed by atoms with E-state index < -0.39 is 0 Å². The molecule has 2 aromatic heterocycles. The van der Waals surface area contributed by atoms with Gasteiger partial charge in [0.25, 0.3) is 5.91 Å². The molecule has 1 amide bonds. The van der Waals surface area contributed by atoms with E-state index >= 15 is 0 Å². The van der Waals surface area contributed by atoms with Crippen molar-refractivity contribution in [2.24, 2.45) is 0 Å². The van der Waals surface area contributed by atoms with Gasteiger partial charge in [0.15, 0.2) is 0 Å². The third-order valence-corrected chi connectivity index (χ3v) is 5.05. The van der Waals surface area contributed by atoms with Crippen molar-refractivity contribution in [2.45, 2.75) is 31.7 Å². The Hall–Kier alpha value is -2.45. The van der Waals surface area contributed by atoms with Crippen LogP contribution in [0, 0.1) is 0 Å². The summed E-state index contributed by atoms with van der Waals surface area (Å²) in [6.07, 6.45) is 5.83. The zero-order chi connectivity index (χ0) is 18.8. The van der Waals surface area contributed by atoms with Gasteiger partial charge in [-0.2, -0.15) is 4.98 Å². The van der Waals surface area contributed by atoms with Crippen molar-refractivity contribution >= 4 is 35.8 Å². The van der Waals surface area contributed by atoms with Crippen LogP contribution >= 0.6 is 12.4 Å². The lowest BCUT2D eigenvalue weighted by atomic mass is 10.2. The van der Waals surface area contributed by atoms with Gasteiger partial charge in [-0.3, -0.25) is 9.78 Å². The minimum Gasteiger partial charge on any atom is -0.355 e. The number of rotatable bonds is 5. The number of carbonyl (C=O) groups excluding carboxylic acids is 1. The summed E-state index contributed by atoms with van der Waals surface area (Å²) in [7, 11) is 1.60. The van der Waals surface area contributed by atoms with Crippen LogP contribution < -0.4 is 20.9 Å². The second-order valence-corrected chi connectivity index (χ2v) is 7.13. The highest BCUT2D eigenvalue weighted by Gasteiger charge is 2.25. The molecule has 1 atom stereocenters. The zero-order valence-corrected chi connectivity index (χ0v) is 16.9. The Bertz CT molecular complexity index is 826. The number of hydrogen-bond acceptors (Lipinski definition) is 7. The molecule has 150 valence electrons. The Morgan fingerprint density at radius 3 is 2.71 bits per heavy atom. The third kappa shape index (κ3) is 4.34. The Balaban J connectivity index is 0.00000225. The summed E-state index contributed by atoms with van der Waals surface area (Å²) in [6.45, 7) is 4.74. The summed E-state index contributed by atoms with van der Waals surface area (Å²) in [5, 5.41) is 9.26. The molecule has 9 heteroatoms. The number of halogens is 1. The van der Waals surface area contributed by atoms with E-state index in [0.717, 1.165) is 31.0 Å². The summed E-state index contributed by atoms with van der Waals surface area (Å²) in [5.41, 5.74) is 2.35. The molecule has 3 N–H and O–H groups in total. The van der Waals surface area contributed by atoms with Crippen LogP contribution in [0.5, 0.6) is 0 Å². The van der Waals surface area contributed by atoms with Crippen LogP contribution in [0.4, 0.5) is 17.5 Å². The van der Waals surface area contributed by atoms with Crippen LogP contribution in [0.1, 0.15) is 41.7 Å². The van der Waals surface area contributed by atoms with Gasteiger partial charge in [0.1, 0.15) is 11.4 Å². The van der Waals surface area contributed by atoms with Crippen LogP contribution in [-0.2, 0) is 0 Å². The molecule has 2 aliphatic rings. The molecule has 1 aliphatic heterocycles. The van der Waals surface area contributed by atoms with Crippen LogP contribution in [0.2, 0.25) is 0 Å².